The van der Waals surface area contributed by atoms with Crippen LogP contribution in [0.4, 0.5) is 5.69 Å². The summed E-state index contributed by atoms with van der Waals surface area (Å²) in [5.74, 6) is 0.203. The summed E-state index contributed by atoms with van der Waals surface area (Å²) < 4.78 is 16.3. The molecule has 0 bridgehead atoms. The first-order valence-electron chi connectivity index (χ1n) is 6.38. The minimum Gasteiger partial charge on any atom is -0.481 e. The number of nitrogens with zero attached hydrogens (tertiary/aromatic N) is 1. The molecule has 3 unspecified atom stereocenters. The summed E-state index contributed by atoms with van der Waals surface area (Å²) in [4.78, 5) is 10.7. The molecule has 116 valence electrons. The van der Waals surface area contributed by atoms with Crippen LogP contribution in [0.15, 0.2) is 18.2 Å². The average Bonchev–Trinajstić information content (AvgIpc) is 2.44. The fourth-order valence-electron chi connectivity index (χ4n) is 2.02. The van der Waals surface area contributed by atoms with Crippen molar-refractivity contribution in [3.05, 3.63) is 33.3 Å². The molecule has 1 saturated carbocycles. The zero-order chi connectivity index (χ0) is 15.4. The molecule has 0 heterocycles. The molecule has 6 nitrogen and oxygen atoms in total. The molecule has 8 heteroatoms. The monoisotopic (exact) mass is 379 g/mol. The van der Waals surface area contributed by atoms with E-state index in [0.717, 1.165) is 6.42 Å². The number of hydrogen-bond donors (Lipinski definition) is 0. The lowest BCUT2D eigenvalue weighted by molar-refractivity contribution is -0.386. The van der Waals surface area contributed by atoms with E-state index in [4.69, 9.17) is 25.8 Å². The molecule has 1 aliphatic rings. The maximum absolute atomic E-state index is 11.0. The zero-order valence-corrected chi connectivity index (χ0v) is 13.7. The predicted molar refractivity (Wildman–Crippen MR) is 81.5 cm³/mol. The van der Waals surface area contributed by atoms with Gasteiger partial charge < -0.3 is 14.2 Å². The van der Waals surface area contributed by atoms with Crippen LogP contribution < -0.4 is 4.74 Å². The van der Waals surface area contributed by atoms with Crippen molar-refractivity contribution in [2.75, 3.05) is 20.3 Å². The van der Waals surface area contributed by atoms with Gasteiger partial charge in [0.1, 0.15) is 12.2 Å². The lowest BCUT2D eigenvalue weighted by Gasteiger charge is -2.40. The van der Waals surface area contributed by atoms with E-state index in [1.165, 1.54) is 12.1 Å². The summed E-state index contributed by atoms with van der Waals surface area (Å²) in [6.45, 7) is 0.940. The number of halogens is 2. The zero-order valence-electron chi connectivity index (χ0n) is 11.3. The van der Waals surface area contributed by atoms with Gasteiger partial charge in [-0.1, -0.05) is 27.5 Å². The molecular formula is C13H15BrClNO5. The fraction of sp³-hybridized carbons (Fsp3) is 0.538. The van der Waals surface area contributed by atoms with E-state index in [9.17, 15) is 10.1 Å². The molecular weight excluding hydrogens is 366 g/mol. The van der Waals surface area contributed by atoms with Crippen molar-refractivity contribution in [1.82, 2.24) is 0 Å². The van der Waals surface area contributed by atoms with E-state index in [2.05, 4.69) is 15.9 Å². The molecule has 0 spiro atoms. The van der Waals surface area contributed by atoms with E-state index < -0.39 is 4.92 Å². The number of alkyl halides is 1. The smallest absolute Gasteiger partial charge is 0.312 e. The van der Waals surface area contributed by atoms with Crippen molar-refractivity contribution in [3.8, 4) is 5.75 Å². The summed E-state index contributed by atoms with van der Waals surface area (Å²) >= 11 is 9.27. The molecule has 1 aliphatic carbocycles. The molecule has 0 radical (unpaired) electrons. The molecule has 3 atom stereocenters. The third-order valence-electron chi connectivity index (χ3n) is 3.17. The van der Waals surface area contributed by atoms with Crippen molar-refractivity contribution < 1.29 is 19.1 Å². The van der Waals surface area contributed by atoms with Gasteiger partial charge >= 0.3 is 5.69 Å². The number of hydrogen-bond acceptors (Lipinski definition) is 5. The molecule has 0 aliphatic heterocycles. The van der Waals surface area contributed by atoms with Gasteiger partial charge in [-0.05, 0) is 12.1 Å². The number of ether oxygens (including phenoxy) is 3. The minimum atomic E-state index is -0.508. The number of benzene rings is 1. The lowest BCUT2D eigenvalue weighted by atomic mass is 9.91. The maximum atomic E-state index is 11.0. The summed E-state index contributed by atoms with van der Waals surface area (Å²) in [7, 11) is 1.60. The van der Waals surface area contributed by atoms with E-state index >= 15 is 0 Å². The Balaban J connectivity index is 2.03. The van der Waals surface area contributed by atoms with Gasteiger partial charge in [0.25, 0.3) is 0 Å². The van der Waals surface area contributed by atoms with E-state index in [-0.39, 0.29) is 28.5 Å². The Morgan fingerprint density at radius 2 is 2.24 bits per heavy atom. The Bertz CT molecular complexity index is 515. The SMILES string of the molecule is COCCOC1C(Br)CC1Oc1ccc(Cl)cc1[N+](=O)[O-]. The van der Waals surface area contributed by atoms with Crippen molar-refractivity contribution in [3.63, 3.8) is 0 Å². The van der Waals surface area contributed by atoms with E-state index in [0.29, 0.717) is 18.2 Å². The molecule has 0 amide bonds. The normalized spacial score (nSPS) is 24.4. The number of rotatable bonds is 7. The van der Waals surface area contributed by atoms with Crippen LogP contribution in [0.5, 0.6) is 5.75 Å². The van der Waals surface area contributed by atoms with Gasteiger partial charge in [0.15, 0.2) is 5.75 Å². The standard InChI is InChI=1S/C13H15BrClNO5/c1-19-4-5-20-13-9(14)7-12(13)21-11-3-2-8(15)6-10(11)16(17)18/h2-3,6,9,12-13H,4-5,7H2,1H3. The van der Waals surface area contributed by atoms with Crippen LogP contribution in [0.1, 0.15) is 6.42 Å². The van der Waals surface area contributed by atoms with Crippen LogP contribution in [0.25, 0.3) is 0 Å². The van der Waals surface area contributed by atoms with Crippen LogP contribution in [0.2, 0.25) is 5.02 Å². The molecule has 1 aromatic carbocycles. The van der Waals surface area contributed by atoms with E-state index in [1.54, 1.807) is 13.2 Å². The quantitative estimate of drug-likeness (QED) is 0.314. The highest BCUT2D eigenvalue weighted by molar-refractivity contribution is 9.09. The van der Waals surface area contributed by atoms with Crippen LogP contribution >= 0.6 is 27.5 Å². The predicted octanol–water partition coefficient (Wildman–Crippen LogP) is 3.19. The van der Waals surface area contributed by atoms with Crippen LogP contribution in [0.3, 0.4) is 0 Å². The van der Waals surface area contributed by atoms with Gasteiger partial charge in [0, 0.05) is 29.4 Å². The molecule has 1 aromatic rings. The molecule has 0 N–H and O–H groups in total. The number of nitro benzene ring substituents is 1. The Labute approximate surface area is 135 Å². The van der Waals surface area contributed by atoms with Gasteiger partial charge in [-0.3, -0.25) is 10.1 Å². The summed E-state index contributed by atoms with van der Waals surface area (Å²) in [5.41, 5.74) is -0.142. The lowest BCUT2D eigenvalue weighted by Crippen LogP contribution is -2.52. The molecule has 0 saturated heterocycles. The Kier molecular flexibility index (Phi) is 5.80. The van der Waals surface area contributed by atoms with Gasteiger partial charge in [0.05, 0.1) is 18.1 Å². The highest BCUT2D eigenvalue weighted by atomic mass is 79.9. The minimum absolute atomic E-state index is 0.142. The molecule has 2 rings (SSSR count). The first-order chi connectivity index (χ1) is 10.0. The summed E-state index contributed by atoms with van der Waals surface area (Å²) in [6, 6.07) is 4.35. The van der Waals surface area contributed by atoms with Crippen molar-refractivity contribution >= 4 is 33.2 Å². The average molecular weight is 381 g/mol. The Hall–Kier alpha value is -0.890. The second-order valence-electron chi connectivity index (χ2n) is 4.61. The second-order valence-corrected chi connectivity index (χ2v) is 6.22. The summed E-state index contributed by atoms with van der Waals surface area (Å²) in [6.07, 6.45) is 0.332. The van der Waals surface area contributed by atoms with Crippen molar-refractivity contribution in [2.24, 2.45) is 0 Å². The third kappa shape index (κ3) is 4.06. The number of methoxy groups -OCH3 is 1. The first-order valence-corrected chi connectivity index (χ1v) is 7.67. The Morgan fingerprint density at radius 1 is 1.48 bits per heavy atom. The van der Waals surface area contributed by atoms with E-state index in [1.807, 2.05) is 0 Å². The third-order valence-corrected chi connectivity index (χ3v) is 4.30. The number of nitro groups is 1. The first kappa shape index (κ1) is 16.5. The van der Waals surface area contributed by atoms with Crippen molar-refractivity contribution in [2.45, 2.75) is 23.5 Å². The maximum Gasteiger partial charge on any atom is 0.312 e. The highest BCUT2D eigenvalue weighted by Gasteiger charge is 2.43. The van der Waals surface area contributed by atoms with Gasteiger partial charge in [-0.15, -0.1) is 0 Å². The van der Waals surface area contributed by atoms with Crippen LogP contribution in [-0.2, 0) is 9.47 Å². The second kappa shape index (κ2) is 7.40. The van der Waals surface area contributed by atoms with Gasteiger partial charge in [-0.25, -0.2) is 0 Å². The summed E-state index contributed by atoms with van der Waals surface area (Å²) in [5, 5.41) is 11.3. The van der Waals surface area contributed by atoms with Crippen LogP contribution in [0, 0.1) is 10.1 Å². The largest absolute Gasteiger partial charge is 0.481 e. The Morgan fingerprint density at radius 3 is 2.86 bits per heavy atom. The highest BCUT2D eigenvalue weighted by Crippen LogP contribution is 2.37. The van der Waals surface area contributed by atoms with Gasteiger partial charge in [-0.2, -0.15) is 0 Å². The van der Waals surface area contributed by atoms with Crippen molar-refractivity contribution in [1.29, 1.82) is 0 Å². The molecule has 21 heavy (non-hydrogen) atoms. The van der Waals surface area contributed by atoms with Gasteiger partial charge in [0.2, 0.25) is 0 Å². The van der Waals surface area contributed by atoms with Crippen LogP contribution in [-0.4, -0.2) is 42.3 Å². The molecule has 1 fully saturated rings. The molecule has 0 aromatic heterocycles. The topological polar surface area (TPSA) is 70.8 Å². The fourth-order valence-corrected chi connectivity index (χ4v) is 3.05.